The SMILES string of the molecule is CC(CCC(=O)O)C1CCC2C3C(CCC12C)C1(C)CCC(CCNC2=C4CC5C6C(CCC5(C)C4C(C)CC2)C2(C)CC[C@@H](O)CC2C[C@H]6O)CC1C[C@H]3O. The molecule has 9 aliphatic rings. The van der Waals surface area contributed by atoms with E-state index in [0.29, 0.717) is 76.4 Å². The van der Waals surface area contributed by atoms with Crippen LogP contribution in [0.15, 0.2) is 11.3 Å². The molecule has 0 aromatic rings. The van der Waals surface area contributed by atoms with Crippen LogP contribution >= 0.6 is 0 Å². The van der Waals surface area contributed by atoms with Crippen LogP contribution in [-0.2, 0) is 4.79 Å². The third-order valence-electron chi connectivity index (χ3n) is 21.7. The molecule has 0 radical (unpaired) electrons. The lowest BCUT2D eigenvalue weighted by molar-refractivity contribution is -0.174. The second-order valence-corrected chi connectivity index (χ2v) is 23.8. The van der Waals surface area contributed by atoms with Gasteiger partial charge in [-0.25, -0.2) is 0 Å². The summed E-state index contributed by atoms with van der Waals surface area (Å²) < 4.78 is 0. The Labute approximate surface area is 340 Å². The van der Waals surface area contributed by atoms with Crippen LogP contribution in [0, 0.1) is 98.6 Å². The number of carboxylic acid groups (broad SMARTS) is 1. The normalized spacial score (nSPS) is 54.1. The van der Waals surface area contributed by atoms with Crippen molar-refractivity contribution in [1.29, 1.82) is 0 Å². The second kappa shape index (κ2) is 14.5. The summed E-state index contributed by atoms with van der Waals surface area (Å²) in [6.07, 6.45) is 21.6. The molecule has 0 aromatic carbocycles. The van der Waals surface area contributed by atoms with Gasteiger partial charge in [0.1, 0.15) is 0 Å². The van der Waals surface area contributed by atoms with Crippen molar-refractivity contribution in [2.75, 3.05) is 6.54 Å². The summed E-state index contributed by atoms with van der Waals surface area (Å²) in [5, 5.41) is 48.0. The number of rotatable bonds is 8. The summed E-state index contributed by atoms with van der Waals surface area (Å²) in [7, 11) is 0. The Morgan fingerprint density at radius 1 is 0.732 bits per heavy atom. The van der Waals surface area contributed by atoms with Crippen molar-refractivity contribution in [2.24, 2.45) is 98.6 Å². The fourth-order valence-corrected chi connectivity index (χ4v) is 18.8. The molecule has 0 aliphatic heterocycles. The molecule has 6 nitrogen and oxygen atoms in total. The Morgan fingerprint density at radius 3 is 2.04 bits per heavy atom. The van der Waals surface area contributed by atoms with Gasteiger partial charge in [0.25, 0.3) is 0 Å². The summed E-state index contributed by atoms with van der Waals surface area (Å²) in [4.78, 5) is 11.4. The van der Waals surface area contributed by atoms with Gasteiger partial charge in [-0.3, -0.25) is 4.79 Å². The Kier molecular flexibility index (Phi) is 10.5. The van der Waals surface area contributed by atoms with Crippen molar-refractivity contribution in [3.05, 3.63) is 11.3 Å². The van der Waals surface area contributed by atoms with Gasteiger partial charge < -0.3 is 25.7 Å². The molecule has 56 heavy (non-hydrogen) atoms. The quantitative estimate of drug-likeness (QED) is 0.168. The highest BCUT2D eigenvalue weighted by Gasteiger charge is 2.65. The lowest BCUT2D eigenvalue weighted by Gasteiger charge is -2.62. The molecule has 0 amide bonds. The molecule has 0 bridgehead atoms. The number of aliphatic hydroxyl groups is 3. The zero-order chi connectivity index (χ0) is 39.5. The highest BCUT2D eigenvalue weighted by Crippen LogP contribution is 2.71. The predicted octanol–water partition coefficient (Wildman–Crippen LogP) is 10.00. The van der Waals surface area contributed by atoms with Crippen LogP contribution in [0.4, 0.5) is 0 Å². The molecule has 8 saturated carbocycles. The zero-order valence-electron chi connectivity index (χ0n) is 36.3. The molecule has 316 valence electrons. The first kappa shape index (κ1) is 40.3. The number of carboxylic acids is 1. The Balaban J connectivity index is 0.847. The summed E-state index contributed by atoms with van der Waals surface area (Å²) in [5.41, 5.74) is 4.44. The Bertz CT molecular complexity index is 1530. The van der Waals surface area contributed by atoms with E-state index >= 15 is 0 Å². The van der Waals surface area contributed by atoms with Crippen molar-refractivity contribution >= 4 is 5.97 Å². The Morgan fingerprint density at radius 2 is 1.34 bits per heavy atom. The van der Waals surface area contributed by atoms with E-state index in [-0.39, 0.29) is 41.0 Å². The van der Waals surface area contributed by atoms with Gasteiger partial charge in [-0.15, -0.1) is 0 Å². The third-order valence-corrected chi connectivity index (χ3v) is 21.7. The van der Waals surface area contributed by atoms with E-state index in [1.807, 2.05) is 0 Å². The first-order chi connectivity index (χ1) is 26.6. The van der Waals surface area contributed by atoms with Crippen LogP contribution in [0.1, 0.15) is 170 Å². The fraction of sp³-hybridized carbons (Fsp3) is 0.940. The van der Waals surface area contributed by atoms with Crippen LogP contribution in [0.25, 0.3) is 0 Å². The van der Waals surface area contributed by atoms with E-state index in [1.54, 1.807) is 11.3 Å². The average molecular weight is 776 g/mol. The van der Waals surface area contributed by atoms with E-state index in [2.05, 4.69) is 46.9 Å². The maximum Gasteiger partial charge on any atom is 0.303 e. The summed E-state index contributed by atoms with van der Waals surface area (Å²) >= 11 is 0. The summed E-state index contributed by atoms with van der Waals surface area (Å²) in [5.74, 6) is 6.72. The van der Waals surface area contributed by atoms with Gasteiger partial charge >= 0.3 is 5.97 Å². The molecule has 9 aliphatic carbocycles. The molecule has 0 aromatic heterocycles. The lowest BCUT2D eigenvalue weighted by Crippen LogP contribution is -2.58. The smallest absolute Gasteiger partial charge is 0.303 e. The van der Waals surface area contributed by atoms with Gasteiger partial charge in [0, 0.05) is 18.7 Å². The zero-order valence-corrected chi connectivity index (χ0v) is 36.3. The number of aliphatic hydroxyl groups excluding tert-OH is 3. The van der Waals surface area contributed by atoms with Crippen LogP contribution in [0.3, 0.4) is 0 Å². The first-order valence-corrected chi connectivity index (χ1v) is 24.3. The maximum absolute atomic E-state index is 12.0. The number of hydrogen-bond donors (Lipinski definition) is 5. The molecule has 0 saturated heterocycles. The number of aliphatic carboxylic acids is 1. The minimum absolute atomic E-state index is 0.178. The molecule has 20 atom stereocenters. The first-order valence-electron chi connectivity index (χ1n) is 24.3. The number of allylic oxidation sites excluding steroid dienone is 2. The fourth-order valence-electron chi connectivity index (χ4n) is 18.8. The van der Waals surface area contributed by atoms with E-state index in [9.17, 15) is 25.2 Å². The molecule has 5 N–H and O–H groups in total. The van der Waals surface area contributed by atoms with Gasteiger partial charge in [0.2, 0.25) is 0 Å². The Hall–Kier alpha value is -1.11. The second-order valence-electron chi connectivity index (χ2n) is 23.8. The van der Waals surface area contributed by atoms with Crippen molar-refractivity contribution in [2.45, 2.75) is 188 Å². The highest BCUT2D eigenvalue weighted by molar-refractivity contribution is 5.66. The monoisotopic (exact) mass is 776 g/mol. The van der Waals surface area contributed by atoms with Gasteiger partial charge in [-0.1, -0.05) is 41.5 Å². The number of hydrogen-bond acceptors (Lipinski definition) is 5. The van der Waals surface area contributed by atoms with Gasteiger partial charge in [0.15, 0.2) is 0 Å². The summed E-state index contributed by atoms with van der Waals surface area (Å²) in [6.45, 7) is 16.2. The molecule has 9 rings (SSSR count). The maximum atomic E-state index is 12.0. The number of nitrogens with one attached hydrogen (secondary N) is 1. The molecule has 17 unspecified atom stereocenters. The minimum atomic E-state index is -0.669. The summed E-state index contributed by atoms with van der Waals surface area (Å²) in [6, 6.07) is 0. The van der Waals surface area contributed by atoms with Crippen molar-refractivity contribution in [3.8, 4) is 0 Å². The third kappa shape index (κ3) is 6.17. The van der Waals surface area contributed by atoms with E-state index in [4.69, 9.17) is 0 Å². The molecule has 0 spiro atoms. The molecular formula is C50H81NO5. The predicted molar refractivity (Wildman–Crippen MR) is 222 cm³/mol. The van der Waals surface area contributed by atoms with Gasteiger partial charge in [-0.2, -0.15) is 0 Å². The molecule has 6 heteroatoms. The number of carbonyl (C=O) groups is 1. The van der Waals surface area contributed by atoms with Crippen LogP contribution in [0.5, 0.6) is 0 Å². The van der Waals surface area contributed by atoms with E-state index in [1.165, 1.54) is 83.5 Å². The average Bonchev–Trinajstić information content (AvgIpc) is 3.67. The van der Waals surface area contributed by atoms with Crippen LogP contribution < -0.4 is 5.32 Å². The molecule has 8 fully saturated rings. The standard InChI is InChI=1S/C50H81NO5/c1-28(8-12-43(55)56)35-9-10-36-44-37(15-20-49(35,36)5)47(3)18-13-30(23-31(47)25-41(44)53)17-22-51-40-11-7-29(2)46-34(40)27-39-45-38(16-21-50(39,46)6)48(4)19-14-33(52)24-32(48)26-42(45)54/h28-33,35-39,41-42,44-46,51-54H,7-27H2,1-6H3,(H,55,56)/t28?,29?,30?,31?,32?,33-,35?,36?,37?,38?,39?,41-,42-,44?,45?,46?,47?,48?,49?,50?/m1/s1. The van der Waals surface area contributed by atoms with Crippen molar-refractivity contribution < 1.29 is 25.2 Å². The van der Waals surface area contributed by atoms with Crippen molar-refractivity contribution in [1.82, 2.24) is 5.32 Å². The highest BCUT2D eigenvalue weighted by atomic mass is 16.4. The lowest BCUT2D eigenvalue weighted by atomic mass is 9.43. The largest absolute Gasteiger partial charge is 0.481 e. The van der Waals surface area contributed by atoms with Crippen LogP contribution in [-0.4, -0.2) is 51.3 Å². The molecule has 0 heterocycles. The molecular weight excluding hydrogens is 695 g/mol. The van der Waals surface area contributed by atoms with Gasteiger partial charge in [0.05, 0.1) is 18.3 Å². The topological polar surface area (TPSA) is 110 Å². The van der Waals surface area contributed by atoms with Gasteiger partial charge in [-0.05, 0) is 226 Å². The van der Waals surface area contributed by atoms with E-state index < -0.39 is 5.97 Å². The van der Waals surface area contributed by atoms with Crippen molar-refractivity contribution in [3.63, 3.8) is 0 Å². The number of fused-ring (bicyclic) bond motifs is 12. The van der Waals surface area contributed by atoms with E-state index in [0.717, 1.165) is 51.0 Å². The minimum Gasteiger partial charge on any atom is -0.481 e. The van der Waals surface area contributed by atoms with Crippen LogP contribution in [0.2, 0.25) is 0 Å².